The van der Waals surface area contributed by atoms with Crippen molar-refractivity contribution in [3.63, 3.8) is 0 Å². The molecule has 1 unspecified atom stereocenters. The molecule has 0 aromatic heterocycles. The smallest absolute Gasteiger partial charge is 0.123 e. The second-order valence-corrected chi connectivity index (χ2v) is 3.50. The quantitative estimate of drug-likeness (QED) is 0.638. The van der Waals surface area contributed by atoms with Crippen molar-refractivity contribution in [2.75, 3.05) is 13.6 Å². The summed E-state index contributed by atoms with van der Waals surface area (Å²) < 4.78 is 12.6. The number of nitrogens with zero attached hydrogens (tertiary/aromatic N) is 1. The molecule has 1 atom stereocenters. The van der Waals surface area contributed by atoms with Gasteiger partial charge in [-0.3, -0.25) is 4.90 Å². The first-order valence-corrected chi connectivity index (χ1v) is 4.56. The molecule has 2 rings (SSSR count). The Balaban J connectivity index is 2.20. The molecule has 1 aliphatic heterocycles. The van der Waals surface area contributed by atoms with Crippen molar-refractivity contribution < 1.29 is 4.39 Å². The van der Waals surface area contributed by atoms with Gasteiger partial charge in [-0.05, 0) is 44.1 Å². The van der Waals surface area contributed by atoms with Crippen LogP contribution in [0.5, 0.6) is 0 Å². The number of rotatable bonds is 1. The van der Waals surface area contributed by atoms with E-state index in [0.717, 1.165) is 13.0 Å². The lowest BCUT2D eigenvalue weighted by atomic mass is 10.1. The van der Waals surface area contributed by atoms with Gasteiger partial charge in [-0.25, -0.2) is 4.39 Å². The number of hydrogen-bond donors (Lipinski definition) is 0. The summed E-state index contributed by atoms with van der Waals surface area (Å²) in [6.07, 6.45) is 3.39. The Kier molecular flexibility index (Phi) is 2.32. The Labute approximate surface area is 78.2 Å². The third-order valence-corrected chi connectivity index (χ3v) is 2.56. The molecule has 1 aliphatic rings. The molecular weight excluding hydrogens is 165 g/mol. The van der Waals surface area contributed by atoms with Gasteiger partial charge < -0.3 is 0 Å². The minimum absolute atomic E-state index is 0.163. The molecule has 1 fully saturated rings. The summed E-state index contributed by atoms with van der Waals surface area (Å²) in [6, 6.07) is 7.14. The van der Waals surface area contributed by atoms with Gasteiger partial charge in [-0.15, -0.1) is 0 Å². The molecule has 0 bridgehead atoms. The average Bonchev–Trinajstić information content (AvgIpc) is 2.53. The van der Waals surface area contributed by atoms with Crippen molar-refractivity contribution in [3.8, 4) is 0 Å². The molecule has 1 saturated heterocycles. The van der Waals surface area contributed by atoms with Crippen molar-refractivity contribution in [1.29, 1.82) is 0 Å². The first-order chi connectivity index (χ1) is 6.27. The van der Waals surface area contributed by atoms with Crippen LogP contribution in [0.1, 0.15) is 18.0 Å². The van der Waals surface area contributed by atoms with Gasteiger partial charge in [0, 0.05) is 6.04 Å². The second kappa shape index (κ2) is 3.46. The third-order valence-electron chi connectivity index (χ3n) is 2.56. The standard InChI is InChI=1S/C11H13FN/c1-13-8-2-3-11(13)9-4-6-10(12)7-5-9/h3-7,11H,2,8H2,1H3. The van der Waals surface area contributed by atoms with Crippen molar-refractivity contribution in [2.45, 2.75) is 12.5 Å². The molecule has 0 saturated carbocycles. The van der Waals surface area contributed by atoms with E-state index in [2.05, 4.69) is 18.4 Å². The van der Waals surface area contributed by atoms with Crippen LogP contribution in [0.4, 0.5) is 4.39 Å². The number of hydrogen-bond acceptors (Lipinski definition) is 1. The predicted octanol–water partition coefficient (Wildman–Crippen LogP) is 2.41. The van der Waals surface area contributed by atoms with E-state index in [9.17, 15) is 4.39 Å². The van der Waals surface area contributed by atoms with E-state index in [1.165, 1.54) is 17.7 Å². The molecule has 69 valence electrons. The van der Waals surface area contributed by atoms with Crippen molar-refractivity contribution in [3.05, 3.63) is 42.1 Å². The molecule has 1 heterocycles. The number of likely N-dealkylation sites (tertiary alicyclic amines) is 1. The normalized spacial score (nSPS) is 23.7. The highest BCUT2D eigenvalue weighted by Gasteiger charge is 2.22. The zero-order chi connectivity index (χ0) is 9.26. The Morgan fingerprint density at radius 2 is 2.00 bits per heavy atom. The Hall–Kier alpha value is -0.890. The molecule has 0 aliphatic carbocycles. The van der Waals surface area contributed by atoms with Gasteiger partial charge in [-0.1, -0.05) is 12.1 Å². The zero-order valence-electron chi connectivity index (χ0n) is 7.70. The van der Waals surface area contributed by atoms with E-state index in [-0.39, 0.29) is 5.82 Å². The monoisotopic (exact) mass is 178 g/mol. The largest absolute Gasteiger partial charge is 0.299 e. The minimum atomic E-state index is -0.163. The Bertz CT molecular complexity index is 281. The zero-order valence-corrected chi connectivity index (χ0v) is 7.70. The minimum Gasteiger partial charge on any atom is -0.299 e. The van der Waals surface area contributed by atoms with Gasteiger partial charge in [0.25, 0.3) is 0 Å². The SMILES string of the molecule is CN1CC[CH]C1c1ccc(F)cc1. The lowest BCUT2D eigenvalue weighted by molar-refractivity contribution is 0.334. The van der Waals surface area contributed by atoms with Gasteiger partial charge >= 0.3 is 0 Å². The van der Waals surface area contributed by atoms with Crippen LogP contribution in [0.25, 0.3) is 0 Å². The summed E-state index contributed by atoms with van der Waals surface area (Å²) in [5.41, 5.74) is 1.18. The van der Waals surface area contributed by atoms with Crippen LogP contribution < -0.4 is 0 Å². The van der Waals surface area contributed by atoms with E-state index < -0.39 is 0 Å². The highest BCUT2D eigenvalue weighted by Crippen LogP contribution is 2.29. The van der Waals surface area contributed by atoms with Gasteiger partial charge in [0.1, 0.15) is 5.82 Å². The predicted molar refractivity (Wildman–Crippen MR) is 50.7 cm³/mol. The maximum atomic E-state index is 12.6. The van der Waals surface area contributed by atoms with Gasteiger partial charge in [0.05, 0.1) is 0 Å². The van der Waals surface area contributed by atoms with Crippen LogP contribution in [-0.4, -0.2) is 18.5 Å². The fourth-order valence-electron chi connectivity index (χ4n) is 1.81. The summed E-state index contributed by atoms with van der Waals surface area (Å²) in [7, 11) is 2.09. The summed E-state index contributed by atoms with van der Waals surface area (Å²) in [5, 5.41) is 0. The van der Waals surface area contributed by atoms with Crippen LogP contribution >= 0.6 is 0 Å². The molecule has 13 heavy (non-hydrogen) atoms. The van der Waals surface area contributed by atoms with Crippen LogP contribution in [0, 0.1) is 12.2 Å². The van der Waals surface area contributed by atoms with Crippen molar-refractivity contribution >= 4 is 0 Å². The highest BCUT2D eigenvalue weighted by atomic mass is 19.1. The van der Waals surface area contributed by atoms with Crippen molar-refractivity contribution in [1.82, 2.24) is 4.90 Å². The fraction of sp³-hybridized carbons (Fsp3) is 0.364. The maximum Gasteiger partial charge on any atom is 0.123 e. The lowest BCUT2D eigenvalue weighted by Crippen LogP contribution is -2.17. The fourth-order valence-corrected chi connectivity index (χ4v) is 1.81. The maximum absolute atomic E-state index is 12.6. The van der Waals surface area contributed by atoms with E-state index >= 15 is 0 Å². The molecule has 0 spiro atoms. The Morgan fingerprint density at radius 3 is 2.54 bits per heavy atom. The second-order valence-electron chi connectivity index (χ2n) is 3.50. The molecular formula is C11H13FN. The van der Waals surface area contributed by atoms with Crippen LogP contribution in [-0.2, 0) is 0 Å². The first kappa shape index (κ1) is 8.70. The molecule has 0 N–H and O–H groups in total. The number of halogens is 1. The van der Waals surface area contributed by atoms with Gasteiger partial charge in [0.15, 0.2) is 0 Å². The summed E-state index contributed by atoms with van der Waals surface area (Å²) >= 11 is 0. The van der Waals surface area contributed by atoms with Gasteiger partial charge in [0.2, 0.25) is 0 Å². The summed E-state index contributed by atoms with van der Waals surface area (Å²) in [4.78, 5) is 2.27. The molecule has 0 amide bonds. The average molecular weight is 178 g/mol. The Morgan fingerprint density at radius 1 is 1.31 bits per heavy atom. The van der Waals surface area contributed by atoms with E-state index in [0.29, 0.717) is 6.04 Å². The van der Waals surface area contributed by atoms with E-state index in [1.807, 2.05) is 12.1 Å². The summed E-state index contributed by atoms with van der Waals surface area (Å²) in [5.74, 6) is -0.163. The number of benzene rings is 1. The third kappa shape index (κ3) is 1.73. The van der Waals surface area contributed by atoms with Crippen LogP contribution in [0.15, 0.2) is 24.3 Å². The molecule has 1 radical (unpaired) electrons. The highest BCUT2D eigenvalue weighted by molar-refractivity contribution is 5.23. The van der Waals surface area contributed by atoms with Crippen LogP contribution in [0.3, 0.4) is 0 Å². The molecule has 1 aromatic rings. The first-order valence-electron chi connectivity index (χ1n) is 4.56. The molecule has 1 nitrogen and oxygen atoms in total. The van der Waals surface area contributed by atoms with Crippen LogP contribution in [0.2, 0.25) is 0 Å². The summed E-state index contributed by atoms with van der Waals surface area (Å²) in [6.45, 7) is 1.10. The van der Waals surface area contributed by atoms with Crippen molar-refractivity contribution in [2.24, 2.45) is 0 Å². The topological polar surface area (TPSA) is 3.24 Å². The molecule has 2 heteroatoms. The van der Waals surface area contributed by atoms with E-state index in [4.69, 9.17) is 0 Å². The van der Waals surface area contributed by atoms with Gasteiger partial charge in [-0.2, -0.15) is 0 Å². The van der Waals surface area contributed by atoms with E-state index in [1.54, 1.807) is 0 Å². The lowest BCUT2D eigenvalue weighted by Gasteiger charge is -2.19. The molecule has 1 aromatic carbocycles.